The predicted octanol–water partition coefficient (Wildman–Crippen LogP) is 5.20. The van der Waals surface area contributed by atoms with Crippen molar-refractivity contribution in [2.45, 2.75) is 26.2 Å². The van der Waals surface area contributed by atoms with Gasteiger partial charge in [0.25, 0.3) is 11.9 Å². The summed E-state index contributed by atoms with van der Waals surface area (Å²) in [4.78, 5) is 16.4. The molecule has 0 unspecified atom stereocenters. The molecule has 1 heterocycles. The molecule has 0 saturated carbocycles. The molecule has 5 heteroatoms. The second-order valence-electron chi connectivity index (χ2n) is 6.06. The first-order valence-corrected chi connectivity index (χ1v) is 8.77. The number of hydrogen-bond donors (Lipinski definition) is 1. The number of rotatable bonds is 7. The van der Waals surface area contributed by atoms with E-state index in [1.54, 1.807) is 24.3 Å². The van der Waals surface area contributed by atoms with E-state index in [4.69, 9.17) is 4.74 Å². The van der Waals surface area contributed by atoms with Crippen LogP contribution in [0.25, 0.3) is 10.9 Å². The summed E-state index contributed by atoms with van der Waals surface area (Å²) in [6, 6.07) is 15.8. The summed E-state index contributed by atoms with van der Waals surface area (Å²) in [5, 5.41) is 3.50. The number of amides is 1. The number of halogens is 1. The molecule has 0 aliphatic heterocycles. The van der Waals surface area contributed by atoms with Gasteiger partial charge in [-0.05, 0) is 42.8 Å². The highest BCUT2D eigenvalue weighted by molar-refractivity contribution is 6.06. The number of carbonyl (C=O) groups is 1. The summed E-state index contributed by atoms with van der Waals surface area (Å²) in [6.45, 7) is 2.55. The summed E-state index contributed by atoms with van der Waals surface area (Å²) >= 11 is 0. The molecule has 0 fully saturated rings. The third kappa shape index (κ3) is 4.36. The van der Waals surface area contributed by atoms with Crippen molar-refractivity contribution in [1.29, 1.82) is 0 Å². The molecule has 4 nitrogen and oxygen atoms in total. The Hall–Kier alpha value is -2.95. The van der Waals surface area contributed by atoms with Gasteiger partial charge in [0.15, 0.2) is 5.75 Å². The zero-order valence-corrected chi connectivity index (χ0v) is 14.7. The molecule has 0 aliphatic carbocycles. The number of carbonyl (C=O) groups excluding carboxylic acids is 1. The van der Waals surface area contributed by atoms with Crippen molar-refractivity contribution in [2.24, 2.45) is 0 Å². The van der Waals surface area contributed by atoms with Crippen LogP contribution in [-0.2, 0) is 0 Å². The van der Waals surface area contributed by atoms with Gasteiger partial charge in [0.1, 0.15) is 0 Å². The van der Waals surface area contributed by atoms with Crippen LogP contribution in [0.5, 0.6) is 5.75 Å². The van der Waals surface area contributed by atoms with Crippen molar-refractivity contribution in [3.8, 4) is 5.75 Å². The predicted molar refractivity (Wildman–Crippen MR) is 101 cm³/mol. The average Bonchev–Trinajstić information content (AvgIpc) is 2.66. The van der Waals surface area contributed by atoms with Crippen LogP contribution in [0, 0.1) is 5.95 Å². The number of aromatic nitrogens is 1. The summed E-state index contributed by atoms with van der Waals surface area (Å²) in [7, 11) is 0. The van der Waals surface area contributed by atoms with Gasteiger partial charge < -0.3 is 10.1 Å². The Bertz CT molecular complexity index is 897. The molecule has 0 spiro atoms. The van der Waals surface area contributed by atoms with E-state index in [-0.39, 0.29) is 11.7 Å². The minimum absolute atomic E-state index is 0.120. The minimum atomic E-state index is -0.629. The Kier molecular flexibility index (Phi) is 5.79. The molecule has 0 atom stereocenters. The Labute approximate surface area is 152 Å². The van der Waals surface area contributed by atoms with Gasteiger partial charge in [-0.3, -0.25) is 4.79 Å². The molecular weight excluding hydrogens is 331 g/mol. The first-order valence-electron chi connectivity index (χ1n) is 8.77. The maximum atomic E-state index is 14.1. The number of ether oxygens (including phenoxy) is 1. The first-order chi connectivity index (χ1) is 12.7. The van der Waals surface area contributed by atoms with Crippen LogP contribution in [0.3, 0.4) is 0 Å². The van der Waals surface area contributed by atoms with Gasteiger partial charge in [0.2, 0.25) is 0 Å². The fourth-order valence-electron chi connectivity index (χ4n) is 2.63. The van der Waals surface area contributed by atoms with Crippen molar-refractivity contribution in [3.05, 3.63) is 66.1 Å². The van der Waals surface area contributed by atoms with Crippen LogP contribution in [0.4, 0.5) is 10.1 Å². The first kappa shape index (κ1) is 17.9. The van der Waals surface area contributed by atoms with E-state index in [0.717, 1.165) is 24.9 Å². The highest BCUT2D eigenvalue weighted by atomic mass is 19.1. The van der Waals surface area contributed by atoms with Gasteiger partial charge in [0, 0.05) is 16.6 Å². The summed E-state index contributed by atoms with van der Waals surface area (Å²) in [5.41, 5.74) is 1.68. The number of hydrogen-bond acceptors (Lipinski definition) is 3. The fraction of sp³-hybridized carbons (Fsp3) is 0.238. The van der Waals surface area contributed by atoms with Crippen LogP contribution >= 0.6 is 0 Å². The standard InChI is InChI=1S/C21H21FN2O2/c1-2-3-7-12-26-19-14-16-13-15(10-11-18(16)24-20(19)22)21(25)23-17-8-5-4-6-9-17/h4-6,8-11,13-14H,2-3,7,12H2,1H3,(H,23,25). The number of benzene rings is 2. The second-order valence-corrected chi connectivity index (χ2v) is 6.06. The number of pyridine rings is 1. The van der Waals surface area contributed by atoms with Crippen LogP contribution in [0.15, 0.2) is 54.6 Å². The summed E-state index contributed by atoms with van der Waals surface area (Å²) in [6.07, 6.45) is 2.97. The number of para-hydroxylation sites is 1. The molecule has 26 heavy (non-hydrogen) atoms. The molecule has 1 aromatic heterocycles. The molecule has 0 saturated heterocycles. The third-order valence-corrected chi connectivity index (χ3v) is 4.04. The van der Waals surface area contributed by atoms with E-state index in [9.17, 15) is 9.18 Å². The molecule has 2 aromatic carbocycles. The highest BCUT2D eigenvalue weighted by Gasteiger charge is 2.11. The minimum Gasteiger partial charge on any atom is -0.489 e. The number of unbranched alkanes of at least 4 members (excludes halogenated alkanes) is 2. The zero-order valence-electron chi connectivity index (χ0n) is 14.7. The number of nitrogens with one attached hydrogen (secondary N) is 1. The molecule has 0 radical (unpaired) electrons. The Morgan fingerprint density at radius 1 is 1.12 bits per heavy atom. The quantitative estimate of drug-likeness (QED) is 0.470. The molecule has 0 aliphatic rings. The largest absolute Gasteiger partial charge is 0.489 e. The lowest BCUT2D eigenvalue weighted by Crippen LogP contribution is -2.11. The zero-order chi connectivity index (χ0) is 18.4. The Balaban J connectivity index is 1.80. The molecule has 0 bridgehead atoms. The second kappa shape index (κ2) is 8.43. The Morgan fingerprint density at radius 3 is 2.69 bits per heavy atom. The van der Waals surface area contributed by atoms with Gasteiger partial charge in [0.05, 0.1) is 12.1 Å². The monoisotopic (exact) mass is 352 g/mol. The lowest BCUT2D eigenvalue weighted by Gasteiger charge is -2.09. The topological polar surface area (TPSA) is 51.2 Å². The van der Waals surface area contributed by atoms with Crippen LogP contribution in [-0.4, -0.2) is 17.5 Å². The van der Waals surface area contributed by atoms with Gasteiger partial charge >= 0.3 is 0 Å². The van der Waals surface area contributed by atoms with Gasteiger partial charge in [-0.25, -0.2) is 4.98 Å². The van der Waals surface area contributed by atoms with Crippen molar-refractivity contribution in [3.63, 3.8) is 0 Å². The van der Waals surface area contributed by atoms with Crippen molar-refractivity contribution in [1.82, 2.24) is 4.98 Å². The molecular formula is C21H21FN2O2. The lowest BCUT2D eigenvalue weighted by atomic mass is 10.1. The van der Waals surface area contributed by atoms with Crippen molar-refractivity contribution in [2.75, 3.05) is 11.9 Å². The smallest absolute Gasteiger partial charge is 0.255 e. The van der Waals surface area contributed by atoms with E-state index in [0.29, 0.717) is 23.1 Å². The number of anilines is 1. The van der Waals surface area contributed by atoms with E-state index >= 15 is 0 Å². The van der Waals surface area contributed by atoms with E-state index in [1.165, 1.54) is 0 Å². The third-order valence-electron chi connectivity index (χ3n) is 4.04. The van der Waals surface area contributed by atoms with Crippen LogP contribution in [0.1, 0.15) is 36.5 Å². The molecule has 134 valence electrons. The maximum Gasteiger partial charge on any atom is 0.255 e. The average molecular weight is 352 g/mol. The lowest BCUT2D eigenvalue weighted by molar-refractivity contribution is 0.102. The highest BCUT2D eigenvalue weighted by Crippen LogP contribution is 2.24. The number of fused-ring (bicyclic) bond motifs is 1. The molecule has 3 rings (SSSR count). The van der Waals surface area contributed by atoms with E-state index < -0.39 is 5.95 Å². The molecule has 3 aromatic rings. The van der Waals surface area contributed by atoms with E-state index in [2.05, 4.69) is 17.2 Å². The fourth-order valence-corrected chi connectivity index (χ4v) is 2.63. The summed E-state index contributed by atoms with van der Waals surface area (Å²) in [5.74, 6) is -0.738. The SMILES string of the molecule is CCCCCOc1cc2cc(C(=O)Nc3ccccc3)ccc2nc1F. The molecule has 1 amide bonds. The van der Waals surface area contributed by atoms with Crippen LogP contribution in [0.2, 0.25) is 0 Å². The van der Waals surface area contributed by atoms with Crippen molar-refractivity contribution < 1.29 is 13.9 Å². The maximum absolute atomic E-state index is 14.1. The van der Waals surface area contributed by atoms with E-state index in [1.807, 2.05) is 30.3 Å². The number of nitrogens with zero attached hydrogens (tertiary/aromatic N) is 1. The van der Waals surface area contributed by atoms with Gasteiger partial charge in [-0.1, -0.05) is 38.0 Å². The normalized spacial score (nSPS) is 10.7. The molecule has 1 N–H and O–H groups in total. The van der Waals surface area contributed by atoms with Gasteiger partial charge in [-0.15, -0.1) is 0 Å². The van der Waals surface area contributed by atoms with Crippen molar-refractivity contribution >= 4 is 22.5 Å². The Morgan fingerprint density at radius 2 is 1.92 bits per heavy atom. The van der Waals surface area contributed by atoms with Crippen LogP contribution < -0.4 is 10.1 Å². The summed E-state index contributed by atoms with van der Waals surface area (Å²) < 4.78 is 19.6. The van der Waals surface area contributed by atoms with Gasteiger partial charge in [-0.2, -0.15) is 4.39 Å².